The number of H-pyrrole nitrogens is 1. The fourth-order valence-electron chi connectivity index (χ4n) is 2.14. The van der Waals surface area contributed by atoms with Gasteiger partial charge in [-0.15, -0.1) is 20.4 Å². The van der Waals surface area contributed by atoms with Crippen molar-refractivity contribution < 1.29 is 38.3 Å². The van der Waals surface area contributed by atoms with E-state index in [-0.39, 0.29) is 40.7 Å². The zero-order chi connectivity index (χ0) is 18.9. The van der Waals surface area contributed by atoms with E-state index < -0.39 is 11.1 Å². The largest absolute Gasteiger partial charge is 1.00 e. The summed E-state index contributed by atoms with van der Waals surface area (Å²) in [7, 11) is 0. The van der Waals surface area contributed by atoms with Crippen LogP contribution in [0.5, 0.6) is 0 Å². The summed E-state index contributed by atoms with van der Waals surface area (Å²) in [4.78, 5) is 4.24. The van der Waals surface area contributed by atoms with Crippen molar-refractivity contribution in [2.45, 2.75) is 38.3 Å². The van der Waals surface area contributed by atoms with Crippen LogP contribution in [0.4, 0.5) is 10.8 Å². The van der Waals surface area contributed by atoms with Gasteiger partial charge in [-0.05, 0) is 6.92 Å². The van der Waals surface area contributed by atoms with Gasteiger partial charge in [0.2, 0.25) is 15.9 Å². The molecule has 0 aliphatic heterocycles. The van der Waals surface area contributed by atoms with Crippen LogP contribution in [-0.4, -0.2) is 49.4 Å². The molecule has 14 heteroatoms. The molecule has 0 aromatic carbocycles. The Morgan fingerprint density at radius 3 is 2.74 bits per heavy atom. The molecule has 0 saturated carbocycles. The molecule has 0 saturated heterocycles. The first-order valence-corrected chi connectivity index (χ1v) is 10.6. The molecular formula is C13H17N8NaO2S3. The monoisotopic (exact) mass is 436 g/mol. The Balaban J connectivity index is 0.00000261. The molecule has 3 aromatic heterocycles. The Bertz CT molecular complexity index is 974. The molecule has 27 heavy (non-hydrogen) atoms. The molecule has 140 valence electrons. The summed E-state index contributed by atoms with van der Waals surface area (Å²) in [6.07, 6.45) is 0. The molecule has 3 heterocycles. The minimum Gasteiger partial charge on any atom is -0.772 e. The smallest absolute Gasteiger partial charge is 0.772 e. The number of fused-ring (bicyclic) bond motifs is 1. The molecule has 3 rings (SSSR count). The Kier molecular flexibility index (Phi) is 7.70. The second-order valence-corrected chi connectivity index (χ2v) is 9.22. The van der Waals surface area contributed by atoms with Crippen LogP contribution in [0.15, 0.2) is 15.4 Å². The average Bonchev–Trinajstić information content (AvgIpc) is 3.21. The summed E-state index contributed by atoms with van der Waals surface area (Å²) < 4.78 is 27.0. The Hall–Kier alpha value is -0.700. The van der Waals surface area contributed by atoms with Crippen molar-refractivity contribution in [1.29, 1.82) is 0 Å². The molecular weight excluding hydrogens is 419 g/mol. The van der Waals surface area contributed by atoms with Gasteiger partial charge in [0, 0.05) is 28.5 Å². The number of nitrogens with zero attached hydrogens (tertiary/aromatic N) is 7. The predicted octanol–water partition coefficient (Wildman–Crippen LogP) is -0.0946. The van der Waals surface area contributed by atoms with Crippen molar-refractivity contribution in [2.75, 3.05) is 11.5 Å². The summed E-state index contributed by atoms with van der Waals surface area (Å²) in [6.45, 7) is 8.06. The normalized spacial score (nSPS) is 13.4. The average molecular weight is 437 g/mol. The maximum atomic E-state index is 10.5. The number of thioether (sulfide) groups is 1. The zero-order valence-corrected chi connectivity index (χ0v) is 20.0. The van der Waals surface area contributed by atoms with Crippen molar-refractivity contribution in [3.8, 4) is 0 Å². The number of aromatic amines is 1. The van der Waals surface area contributed by atoms with Gasteiger partial charge in [-0.3, -0.25) is 9.31 Å². The molecule has 0 bridgehead atoms. The van der Waals surface area contributed by atoms with Crippen LogP contribution >= 0.6 is 23.3 Å². The predicted molar refractivity (Wildman–Crippen MR) is 99.4 cm³/mol. The van der Waals surface area contributed by atoms with Gasteiger partial charge in [0.15, 0.2) is 5.69 Å². The first kappa shape index (κ1) is 22.6. The molecule has 3 aromatic rings. The van der Waals surface area contributed by atoms with Gasteiger partial charge in [0.1, 0.15) is 5.82 Å². The fraction of sp³-hybridized carbons (Fsp3) is 0.538. The maximum absolute atomic E-state index is 10.5. The van der Waals surface area contributed by atoms with Crippen LogP contribution in [0.3, 0.4) is 0 Å². The number of aryl methyl sites for hydroxylation is 1. The second-order valence-electron chi connectivity index (χ2n) is 6.41. The second kappa shape index (κ2) is 9.20. The number of azo groups is 1. The third-order valence-corrected chi connectivity index (χ3v) is 5.72. The number of hydrogen-bond acceptors (Lipinski definition) is 10. The van der Waals surface area contributed by atoms with Crippen molar-refractivity contribution in [1.82, 2.24) is 29.2 Å². The van der Waals surface area contributed by atoms with Crippen LogP contribution in [0.1, 0.15) is 32.3 Å². The molecule has 1 atom stereocenters. The van der Waals surface area contributed by atoms with Crippen LogP contribution in [-0.2, 0) is 16.5 Å². The molecule has 0 aliphatic rings. The maximum Gasteiger partial charge on any atom is 1.00 e. The van der Waals surface area contributed by atoms with Gasteiger partial charge in [0.05, 0.1) is 5.69 Å². The van der Waals surface area contributed by atoms with E-state index in [0.717, 1.165) is 23.1 Å². The van der Waals surface area contributed by atoms with E-state index in [4.69, 9.17) is 0 Å². The summed E-state index contributed by atoms with van der Waals surface area (Å²) >= 11 is 0.309. The van der Waals surface area contributed by atoms with E-state index in [1.165, 1.54) is 11.8 Å². The minimum atomic E-state index is -2.06. The number of rotatable bonds is 6. The van der Waals surface area contributed by atoms with Crippen molar-refractivity contribution in [2.24, 2.45) is 10.2 Å². The Morgan fingerprint density at radius 2 is 2.07 bits per heavy atom. The van der Waals surface area contributed by atoms with Crippen LogP contribution in [0, 0.1) is 6.92 Å². The quantitative estimate of drug-likeness (QED) is 0.247. The first-order chi connectivity index (χ1) is 12.3. The minimum absolute atomic E-state index is 0. The van der Waals surface area contributed by atoms with Gasteiger partial charge < -0.3 is 4.55 Å². The molecule has 0 radical (unpaired) electrons. The van der Waals surface area contributed by atoms with Gasteiger partial charge in [0.25, 0.3) is 0 Å². The summed E-state index contributed by atoms with van der Waals surface area (Å²) in [5.41, 5.74) is 1.93. The Labute approximate surface area is 188 Å². The molecule has 10 nitrogen and oxygen atoms in total. The summed E-state index contributed by atoms with van der Waals surface area (Å²) in [5, 5.41) is 20.9. The van der Waals surface area contributed by atoms with Gasteiger partial charge in [-0.25, -0.2) is 4.52 Å². The fourth-order valence-corrected chi connectivity index (χ4v) is 4.14. The van der Waals surface area contributed by atoms with E-state index in [9.17, 15) is 8.76 Å². The SMILES string of the molecule is Cc1nnc2c(N=Nc3nc(SCCS(=O)[O-])ns3)c(C(C)(C)C)[nH]n12.[Na+]. The van der Waals surface area contributed by atoms with Gasteiger partial charge in [-0.1, -0.05) is 43.6 Å². The topological polar surface area (TPSA) is 137 Å². The van der Waals surface area contributed by atoms with E-state index in [2.05, 4.69) is 55.7 Å². The van der Waals surface area contributed by atoms with Crippen molar-refractivity contribution >= 4 is 50.8 Å². The van der Waals surface area contributed by atoms with Gasteiger partial charge >= 0.3 is 29.6 Å². The van der Waals surface area contributed by atoms with Crippen LogP contribution in [0.25, 0.3) is 5.65 Å². The van der Waals surface area contributed by atoms with Crippen molar-refractivity contribution in [3.05, 3.63) is 11.5 Å². The van der Waals surface area contributed by atoms with E-state index in [0.29, 0.717) is 27.4 Å². The molecule has 1 unspecified atom stereocenters. The zero-order valence-electron chi connectivity index (χ0n) is 15.6. The van der Waals surface area contributed by atoms with E-state index in [1.807, 2.05) is 6.92 Å². The number of aromatic nitrogens is 6. The molecule has 0 fully saturated rings. The van der Waals surface area contributed by atoms with E-state index >= 15 is 0 Å². The van der Waals surface area contributed by atoms with E-state index in [1.54, 1.807) is 4.52 Å². The standard InChI is InChI=1S/C13H18N8O2S3.Na/c1-7-15-17-10-8(9(13(2,3)4)19-21(7)10)16-18-11-14-12(20-25-11)24-5-6-26(22)23;/h19H,5-6H2,1-4H3,(H,22,23);/q;+1/p-1. The van der Waals surface area contributed by atoms with Gasteiger partial charge in [-0.2, -0.15) is 9.36 Å². The Morgan fingerprint density at radius 1 is 1.33 bits per heavy atom. The number of nitrogens with one attached hydrogen (secondary N) is 1. The van der Waals surface area contributed by atoms with Crippen LogP contribution < -0.4 is 29.6 Å². The summed E-state index contributed by atoms with van der Waals surface area (Å²) in [5.74, 6) is 1.19. The molecule has 0 spiro atoms. The van der Waals surface area contributed by atoms with Crippen LogP contribution in [0.2, 0.25) is 0 Å². The summed E-state index contributed by atoms with van der Waals surface area (Å²) in [6, 6.07) is 0. The molecule has 1 N–H and O–H groups in total. The molecule has 0 aliphatic carbocycles. The third kappa shape index (κ3) is 5.43. The number of hydrogen-bond donors (Lipinski definition) is 1. The van der Waals surface area contributed by atoms with Crippen molar-refractivity contribution in [3.63, 3.8) is 0 Å². The first-order valence-electron chi connectivity index (χ1n) is 7.64. The third-order valence-electron chi connectivity index (χ3n) is 3.36. The molecule has 0 amide bonds.